The van der Waals surface area contributed by atoms with Crippen LogP contribution >= 0.6 is 8.03 Å². The Hall–Kier alpha value is -0.590. The van der Waals surface area contributed by atoms with Crippen molar-refractivity contribution < 1.29 is 9.46 Å². The second kappa shape index (κ2) is 3.00. The number of allylic oxidation sites excluding steroid dienone is 5. The van der Waals surface area contributed by atoms with Crippen molar-refractivity contribution in [3.05, 3.63) is 36.5 Å². The van der Waals surface area contributed by atoms with Crippen LogP contribution in [0.4, 0.5) is 0 Å². The lowest BCUT2D eigenvalue weighted by molar-refractivity contribution is 0.500. The summed E-state index contributed by atoms with van der Waals surface area (Å²) in [6.45, 7) is 3.64. The summed E-state index contributed by atoms with van der Waals surface area (Å²) in [5.74, 6) is 0. The highest BCUT2D eigenvalue weighted by Crippen LogP contribution is 2.31. The number of hydrogen-bond acceptors (Lipinski definition) is 1. The fourth-order valence-corrected chi connectivity index (χ4v) is 1.51. The molecule has 1 aliphatic rings. The van der Waals surface area contributed by atoms with Gasteiger partial charge in [-0.1, -0.05) is 30.9 Å². The van der Waals surface area contributed by atoms with E-state index in [-0.39, 0.29) is 5.66 Å². The molecule has 0 saturated heterocycles. The molecule has 0 bridgehead atoms. The second-order valence-corrected chi connectivity index (χ2v) is 3.43. The van der Waals surface area contributed by atoms with Crippen molar-refractivity contribution in [3.63, 3.8) is 0 Å². The summed E-state index contributed by atoms with van der Waals surface area (Å²) >= 11 is 0. The van der Waals surface area contributed by atoms with Crippen LogP contribution in [0.2, 0.25) is 0 Å². The first-order chi connectivity index (χ1) is 4.72. The molecule has 1 N–H and O–H groups in total. The third-order valence-electron chi connectivity index (χ3n) is 1.39. The molecule has 2 atom stereocenters. The van der Waals surface area contributed by atoms with Crippen molar-refractivity contribution in [1.82, 2.24) is 0 Å². The third kappa shape index (κ3) is 1.47. The predicted molar refractivity (Wildman–Crippen MR) is 42.4 cm³/mol. The van der Waals surface area contributed by atoms with Crippen LogP contribution in [0.25, 0.3) is 0 Å². The smallest absolute Gasteiger partial charge is 0.200 e. The van der Waals surface area contributed by atoms with Crippen molar-refractivity contribution in [2.45, 2.75) is 5.66 Å². The zero-order chi connectivity index (χ0) is 7.56. The van der Waals surface area contributed by atoms with Gasteiger partial charge in [-0.05, 0) is 5.57 Å². The maximum Gasteiger partial charge on any atom is 0.200 e. The van der Waals surface area contributed by atoms with Gasteiger partial charge in [0.1, 0.15) is 0 Å². The summed E-state index contributed by atoms with van der Waals surface area (Å²) in [7, 11) is -2.47. The monoisotopic (exact) mass is 156 g/mol. The van der Waals surface area contributed by atoms with Crippen LogP contribution in [0, 0.1) is 0 Å². The van der Waals surface area contributed by atoms with Gasteiger partial charge >= 0.3 is 0 Å². The summed E-state index contributed by atoms with van der Waals surface area (Å²) in [5.41, 5.74) is 0.379. The van der Waals surface area contributed by atoms with Crippen LogP contribution in [0.3, 0.4) is 0 Å². The van der Waals surface area contributed by atoms with E-state index in [1.54, 1.807) is 18.2 Å². The van der Waals surface area contributed by atoms with Gasteiger partial charge in [-0.15, -0.1) is 0 Å². The molecule has 0 aromatic rings. The first kappa shape index (κ1) is 7.52. The van der Waals surface area contributed by atoms with E-state index in [4.69, 9.17) is 4.89 Å². The van der Waals surface area contributed by atoms with Crippen LogP contribution in [0.5, 0.6) is 0 Å². The van der Waals surface area contributed by atoms with Crippen LogP contribution in [0.1, 0.15) is 0 Å². The minimum Gasteiger partial charge on any atom is -0.346 e. The van der Waals surface area contributed by atoms with E-state index in [2.05, 4.69) is 6.58 Å². The molecule has 0 aliphatic heterocycles. The van der Waals surface area contributed by atoms with Crippen LogP contribution < -0.4 is 0 Å². The van der Waals surface area contributed by atoms with Crippen molar-refractivity contribution in [2.75, 3.05) is 0 Å². The Morgan fingerprint density at radius 1 is 1.60 bits per heavy atom. The molecule has 10 heavy (non-hydrogen) atoms. The Kier molecular flexibility index (Phi) is 2.25. The summed E-state index contributed by atoms with van der Waals surface area (Å²) in [6.07, 6.45) is 7.02. The van der Waals surface area contributed by atoms with Crippen LogP contribution in [0.15, 0.2) is 36.5 Å². The Bertz CT molecular complexity index is 228. The van der Waals surface area contributed by atoms with Crippen molar-refractivity contribution >= 4 is 8.03 Å². The topological polar surface area (TPSA) is 37.3 Å². The van der Waals surface area contributed by atoms with E-state index >= 15 is 0 Å². The van der Waals surface area contributed by atoms with Gasteiger partial charge < -0.3 is 4.89 Å². The molecule has 0 aromatic carbocycles. The molecule has 0 aromatic heterocycles. The molecule has 0 amide bonds. The fraction of sp³-hybridized carbons (Fsp3) is 0.143. The van der Waals surface area contributed by atoms with Gasteiger partial charge in [0.25, 0.3) is 0 Å². The highest BCUT2D eigenvalue weighted by Gasteiger charge is 2.13. The molecular formula is C7H9O2P. The molecule has 1 rings (SSSR count). The van der Waals surface area contributed by atoms with E-state index in [0.717, 1.165) is 0 Å². The Morgan fingerprint density at radius 2 is 2.30 bits per heavy atom. The molecule has 3 heteroatoms. The summed E-state index contributed by atoms with van der Waals surface area (Å²) in [6, 6.07) is 0. The van der Waals surface area contributed by atoms with E-state index in [1.807, 2.05) is 6.08 Å². The molecule has 2 nitrogen and oxygen atoms in total. The maximum absolute atomic E-state index is 10.6. The number of hydrogen-bond donors (Lipinski definition) is 1. The molecule has 54 valence electrons. The van der Waals surface area contributed by atoms with Gasteiger partial charge in [0.15, 0.2) is 8.03 Å². The molecule has 0 radical (unpaired) electrons. The molecule has 0 fully saturated rings. The largest absolute Gasteiger partial charge is 0.346 e. The van der Waals surface area contributed by atoms with Gasteiger partial charge in [0.05, 0.1) is 5.66 Å². The minimum atomic E-state index is -2.47. The minimum absolute atomic E-state index is 0.338. The first-order valence-corrected chi connectivity index (χ1v) is 4.41. The van der Waals surface area contributed by atoms with Crippen molar-refractivity contribution in [1.29, 1.82) is 0 Å². The van der Waals surface area contributed by atoms with Gasteiger partial charge in [0, 0.05) is 0 Å². The SMILES string of the molecule is C=C1C=CC=CC1[PH](=O)O. The average molecular weight is 156 g/mol. The van der Waals surface area contributed by atoms with Gasteiger partial charge in [-0.3, -0.25) is 4.57 Å². The zero-order valence-electron chi connectivity index (χ0n) is 5.45. The second-order valence-electron chi connectivity index (χ2n) is 2.13. The normalized spacial score (nSPS) is 26.9. The zero-order valence-corrected chi connectivity index (χ0v) is 6.45. The predicted octanol–water partition coefficient (Wildman–Crippen LogP) is 1.50. The van der Waals surface area contributed by atoms with E-state index in [9.17, 15) is 4.57 Å². The average Bonchev–Trinajstić information content (AvgIpc) is 1.88. The standard InChI is InChI=1S/C7H9O2P/c1-6-4-2-3-5-7(6)10(8)9/h2-5,7,10H,1H2,(H,8,9). The molecule has 2 unspecified atom stereocenters. The van der Waals surface area contributed by atoms with Crippen molar-refractivity contribution in [3.8, 4) is 0 Å². The first-order valence-electron chi connectivity index (χ1n) is 2.98. The molecule has 0 spiro atoms. The van der Waals surface area contributed by atoms with E-state index in [0.29, 0.717) is 5.57 Å². The van der Waals surface area contributed by atoms with Crippen LogP contribution in [-0.4, -0.2) is 10.6 Å². The fourth-order valence-electron chi connectivity index (χ4n) is 0.823. The molecule has 1 aliphatic carbocycles. The Morgan fingerprint density at radius 3 is 2.70 bits per heavy atom. The summed E-state index contributed by atoms with van der Waals surface area (Å²) < 4.78 is 10.6. The van der Waals surface area contributed by atoms with Crippen LogP contribution in [-0.2, 0) is 4.57 Å². The van der Waals surface area contributed by atoms with Crippen molar-refractivity contribution in [2.24, 2.45) is 0 Å². The lowest BCUT2D eigenvalue weighted by atomic mass is 10.1. The summed E-state index contributed by atoms with van der Waals surface area (Å²) in [5, 5.41) is 0. The van der Waals surface area contributed by atoms with Gasteiger partial charge in [-0.25, -0.2) is 0 Å². The lowest BCUT2D eigenvalue weighted by Crippen LogP contribution is -2.01. The Balaban J connectivity index is 2.80. The van der Waals surface area contributed by atoms with Gasteiger partial charge in [0.2, 0.25) is 0 Å². The van der Waals surface area contributed by atoms with E-state index < -0.39 is 8.03 Å². The molecule has 0 heterocycles. The summed E-state index contributed by atoms with van der Waals surface area (Å²) in [4.78, 5) is 8.75. The third-order valence-corrected chi connectivity index (χ3v) is 2.49. The maximum atomic E-state index is 10.6. The van der Waals surface area contributed by atoms with E-state index in [1.165, 1.54) is 0 Å². The number of rotatable bonds is 1. The molecule has 0 saturated carbocycles. The quantitative estimate of drug-likeness (QED) is 0.584. The highest BCUT2D eigenvalue weighted by molar-refractivity contribution is 7.39. The Labute approximate surface area is 60.4 Å². The van der Waals surface area contributed by atoms with Gasteiger partial charge in [-0.2, -0.15) is 0 Å². The highest BCUT2D eigenvalue weighted by atomic mass is 31.1. The molecular weight excluding hydrogens is 147 g/mol. The lowest BCUT2D eigenvalue weighted by Gasteiger charge is -2.10.